The highest BCUT2D eigenvalue weighted by Crippen LogP contribution is 2.31. The summed E-state index contributed by atoms with van der Waals surface area (Å²) in [4.78, 5) is 5.61. The van der Waals surface area contributed by atoms with Crippen molar-refractivity contribution >= 4 is 27.3 Å². The third-order valence-corrected chi connectivity index (χ3v) is 3.58. The zero-order valence-corrected chi connectivity index (χ0v) is 10.4. The third-order valence-electron chi connectivity index (χ3n) is 1.98. The van der Waals surface area contributed by atoms with Crippen LogP contribution in [0.3, 0.4) is 0 Å². The molecule has 0 saturated carbocycles. The first-order valence-corrected chi connectivity index (χ1v) is 5.97. The van der Waals surface area contributed by atoms with E-state index in [1.807, 2.05) is 6.20 Å². The molecule has 72 valence electrons. The highest BCUT2D eigenvalue weighted by molar-refractivity contribution is 9.10. The van der Waals surface area contributed by atoms with Gasteiger partial charge in [-0.15, -0.1) is 11.3 Å². The summed E-state index contributed by atoms with van der Waals surface area (Å²) in [5.74, 6) is 0. The van der Waals surface area contributed by atoms with Gasteiger partial charge >= 0.3 is 0 Å². The number of hydrogen-bond donors (Lipinski definition) is 0. The number of rotatable bonds is 1. The maximum atomic E-state index is 4.37. The number of thiazole rings is 1. The summed E-state index contributed by atoms with van der Waals surface area (Å²) < 4.78 is 1.12. The second-order valence-electron chi connectivity index (χ2n) is 3.26. The van der Waals surface area contributed by atoms with Gasteiger partial charge in [0.1, 0.15) is 5.01 Å². The molecule has 0 N–H and O–H groups in total. The fourth-order valence-electron chi connectivity index (χ4n) is 1.27. The Bertz CT molecular complexity index is 462. The van der Waals surface area contributed by atoms with Crippen LogP contribution >= 0.6 is 27.3 Å². The molecule has 2 rings (SSSR count). The predicted octanol–water partition coefficient (Wildman–Crippen LogP) is 4.19. The Morgan fingerprint density at radius 3 is 2.64 bits per heavy atom. The van der Waals surface area contributed by atoms with Crippen molar-refractivity contribution in [2.24, 2.45) is 0 Å². The number of aryl methyl sites for hydroxylation is 2. The van der Waals surface area contributed by atoms with E-state index in [9.17, 15) is 0 Å². The largest absolute Gasteiger partial charge is 0.244 e. The van der Waals surface area contributed by atoms with E-state index >= 15 is 0 Å². The van der Waals surface area contributed by atoms with Gasteiger partial charge in [0.15, 0.2) is 0 Å². The summed E-state index contributed by atoms with van der Waals surface area (Å²) in [5, 5.41) is 1.08. The number of hydrogen-bond acceptors (Lipinski definition) is 2. The van der Waals surface area contributed by atoms with Crippen LogP contribution in [0.5, 0.6) is 0 Å². The standard InChI is InChI=1S/C11H10BrNS/c1-7-3-4-9(10(12)5-7)11-13-6-8(2)14-11/h3-6H,1-2H3. The van der Waals surface area contributed by atoms with Crippen molar-refractivity contribution in [3.63, 3.8) is 0 Å². The molecule has 0 aliphatic heterocycles. The predicted molar refractivity (Wildman–Crippen MR) is 64.7 cm³/mol. The lowest BCUT2D eigenvalue weighted by Gasteiger charge is -2.01. The van der Waals surface area contributed by atoms with Crippen molar-refractivity contribution in [1.82, 2.24) is 4.98 Å². The lowest BCUT2D eigenvalue weighted by Crippen LogP contribution is -1.79. The zero-order valence-electron chi connectivity index (χ0n) is 8.04. The molecule has 0 radical (unpaired) electrons. The normalized spacial score (nSPS) is 10.5. The van der Waals surface area contributed by atoms with Crippen LogP contribution in [-0.2, 0) is 0 Å². The van der Waals surface area contributed by atoms with Crippen LogP contribution in [0, 0.1) is 13.8 Å². The molecule has 2 aromatic rings. The average molecular weight is 268 g/mol. The summed E-state index contributed by atoms with van der Waals surface area (Å²) in [6.45, 7) is 4.16. The Kier molecular flexibility index (Phi) is 2.70. The Morgan fingerprint density at radius 1 is 1.29 bits per heavy atom. The maximum Gasteiger partial charge on any atom is 0.124 e. The van der Waals surface area contributed by atoms with Gasteiger partial charge in [0.2, 0.25) is 0 Å². The van der Waals surface area contributed by atoms with E-state index in [0.29, 0.717) is 0 Å². The molecule has 0 atom stereocenters. The fraction of sp³-hybridized carbons (Fsp3) is 0.182. The first-order chi connectivity index (χ1) is 6.66. The Hall–Kier alpha value is -0.670. The van der Waals surface area contributed by atoms with Gasteiger partial charge in [-0.2, -0.15) is 0 Å². The third kappa shape index (κ3) is 1.88. The second-order valence-corrected chi connectivity index (χ2v) is 5.35. The molecule has 0 amide bonds. The van der Waals surface area contributed by atoms with Crippen molar-refractivity contribution in [3.05, 3.63) is 39.3 Å². The van der Waals surface area contributed by atoms with Crippen molar-refractivity contribution in [3.8, 4) is 10.6 Å². The van der Waals surface area contributed by atoms with Gasteiger partial charge in [-0.1, -0.05) is 28.1 Å². The van der Waals surface area contributed by atoms with Gasteiger partial charge in [0.25, 0.3) is 0 Å². The van der Waals surface area contributed by atoms with Crippen LogP contribution in [0.15, 0.2) is 28.9 Å². The zero-order chi connectivity index (χ0) is 10.1. The van der Waals surface area contributed by atoms with Gasteiger partial charge in [0.05, 0.1) is 0 Å². The van der Waals surface area contributed by atoms with Crippen LogP contribution in [0.1, 0.15) is 10.4 Å². The lowest BCUT2D eigenvalue weighted by molar-refractivity contribution is 1.37. The van der Waals surface area contributed by atoms with E-state index in [4.69, 9.17) is 0 Å². The molecule has 0 spiro atoms. The first kappa shape index (κ1) is 9.87. The van der Waals surface area contributed by atoms with Gasteiger partial charge in [-0.3, -0.25) is 0 Å². The quantitative estimate of drug-likeness (QED) is 0.755. The molecule has 0 unspecified atom stereocenters. The van der Waals surface area contributed by atoms with Crippen molar-refractivity contribution in [1.29, 1.82) is 0 Å². The van der Waals surface area contributed by atoms with Gasteiger partial charge in [-0.25, -0.2) is 4.98 Å². The Balaban J connectivity index is 2.52. The highest BCUT2D eigenvalue weighted by atomic mass is 79.9. The molecule has 0 saturated heterocycles. The number of nitrogens with zero attached hydrogens (tertiary/aromatic N) is 1. The second kappa shape index (κ2) is 3.83. The minimum Gasteiger partial charge on any atom is -0.244 e. The van der Waals surface area contributed by atoms with Crippen LogP contribution in [0.2, 0.25) is 0 Å². The molecule has 0 bridgehead atoms. The van der Waals surface area contributed by atoms with Crippen LogP contribution in [0.4, 0.5) is 0 Å². The summed E-state index contributed by atoms with van der Waals surface area (Å²) in [5.41, 5.74) is 2.43. The van der Waals surface area contributed by atoms with Crippen LogP contribution < -0.4 is 0 Å². The molecule has 1 nitrogen and oxygen atoms in total. The van der Waals surface area contributed by atoms with E-state index in [0.717, 1.165) is 9.48 Å². The summed E-state index contributed by atoms with van der Waals surface area (Å²) in [6.07, 6.45) is 1.91. The summed E-state index contributed by atoms with van der Waals surface area (Å²) in [6, 6.07) is 6.33. The minimum atomic E-state index is 1.08. The van der Waals surface area contributed by atoms with Crippen molar-refractivity contribution in [2.45, 2.75) is 13.8 Å². The smallest absolute Gasteiger partial charge is 0.124 e. The summed E-state index contributed by atoms with van der Waals surface area (Å²) >= 11 is 5.28. The number of benzene rings is 1. The van der Waals surface area contributed by atoms with E-state index in [1.165, 1.54) is 16.0 Å². The molecule has 1 aromatic heterocycles. The molecule has 3 heteroatoms. The van der Waals surface area contributed by atoms with E-state index in [-0.39, 0.29) is 0 Å². The van der Waals surface area contributed by atoms with Gasteiger partial charge in [0, 0.05) is 21.1 Å². The molecular weight excluding hydrogens is 258 g/mol. The molecule has 0 fully saturated rings. The highest BCUT2D eigenvalue weighted by Gasteiger charge is 2.06. The minimum absolute atomic E-state index is 1.08. The van der Waals surface area contributed by atoms with E-state index in [1.54, 1.807) is 11.3 Å². The average Bonchev–Trinajstić information content (AvgIpc) is 2.51. The first-order valence-electron chi connectivity index (χ1n) is 4.36. The monoisotopic (exact) mass is 267 g/mol. The molecule has 14 heavy (non-hydrogen) atoms. The van der Waals surface area contributed by atoms with Gasteiger partial charge < -0.3 is 0 Å². The SMILES string of the molecule is Cc1ccc(-c2ncc(C)s2)c(Br)c1. The topological polar surface area (TPSA) is 12.9 Å². The number of halogens is 1. The molecule has 1 aromatic carbocycles. The van der Waals surface area contributed by atoms with Crippen LogP contribution in [-0.4, -0.2) is 4.98 Å². The number of aromatic nitrogens is 1. The molecule has 0 aliphatic carbocycles. The van der Waals surface area contributed by atoms with Crippen molar-refractivity contribution < 1.29 is 0 Å². The van der Waals surface area contributed by atoms with E-state index < -0.39 is 0 Å². The van der Waals surface area contributed by atoms with Crippen LogP contribution in [0.25, 0.3) is 10.6 Å². The Labute approximate surface area is 95.9 Å². The molecule has 0 aliphatic rings. The molecular formula is C11H10BrNS. The lowest BCUT2D eigenvalue weighted by atomic mass is 10.2. The van der Waals surface area contributed by atoms with Crippen molar-refractivity contribution in [2.75, 3.05) is 0 Å². The van der Waals surface area contributed by atoms with Gasteiger partial charge in [-0.05, 0) is 25.5 Å². The van der Waals surface area contributed by atoms with E-state index in [2.05, 4.69) is 53.0 Å². The summed E-state index contributed by atoms with van der Waals surface area (Å²) in [7, 11) is 0. The Morgan fingerprint density at radius 2 is 2.07 bits per heavy atom. The molecule has 1 heterocycles. The maximum absolute atomic E-state index is 4.37. The fourth-order valence-corrected chi connectivity index (χ4v) is 2.89.